The molecule has 1 atom stereocenters. The highest BCUT2D eigenvalue weighted by atomic mass is 16.7. The average Bonchev–Trinajstić information content (AvgIpc) is 2.65. The summed E-state index contributed by atoms with van der Waals surface area (Å²) in [7, 11) is 0. The van der Waals surface area contributed by atoms with Gasteiger partial charge in [0.15, 0.2) is 0 Å². The predicted octanol–water partition coefficient (Wildman–Crippen LogP) is 1.78. The van der Waals surface area contributed by atoms with E-state index in [2.05, 4.69) is 0 Å². The summed E-state index contributed by atoms with van der Waals surface area (Å²) in [5.74, 6) is -1.88. The summed E-state index contributed by atoms with van der Waals surface area (Å²) >= 11 is 0. The van der Waals surface area contributed by atoms with Gasteiger partial charge in [-0.1, -0.05) is 36.8 Å². The Hall–Kier alpha value is -2.17. The van der Waals surface area contributed by atoms with E-state index in [9.17, 15) is 14.4 Å². The normalized spacial score (nSPS) is 18.5. The highest BCUT2D eigenvalue weighted by Crippen LogP contribution is 2.19. The van der Waals surface area contributed by atoms with E-state index in [0.717, 1.165) is 11.1 Å². The van der Waals surface area contributed by atoms with Crippen molar-refractivity contribution in [3.63, 3.8) is 0 Å². The first kappa shape index (κ1) is 14.2. The van der Waals surface area contributed by atoms with Crippen LogP contribution in [-0.4, -0.2) is 22.8 Å². The number of hydrogen-bond acceptors (Lipinski definition) is 4. The lowest BCUT2D eigenvalue weighted by Gasteiger charge is -2.13. The van der Waals surface area contributed by atoms with Crippen LogP contribution in [0.3, 0.4) is 0 Å². The first-order valence-corrected chi connectivity index (χ1v) is 6.60. The molecule has 2 amide bonds. The zero-order valence-corrected chi connectivity index (χ0v) is 11.6. The average molecular weight is 275 g/mol. The smallest absolute Gasteiger partial charge is 0.330 e. The molecule has 0 spiro atoms. The molecule has 1 aliphatic rings. The van der Waals surface area contributed by atoms with Crippen molar-refractivity contribution in [3.8, 4) is 0 Å². The molecule has 1 heterocycles. The molecule has 0 radical (unpaired) electrons. The van der Waals surface area contributed by atoms with Crippen molar-refractivity contribution >= 4 is 17.8 Å². The monoisotopic (exact) mass is 275 g/mol. The molecule has 1 aromatic rings. The van der Waals surface area contributed by atoms with Gasteiger partial charge in [0.1, 0.15) is 0 Å². The molecule has 1 aliphatic heterocycles. The molecule has 0 bridgehead atoms. The summed E-state index contributed by atoms with van der Waals surface area (Å²) in [5.41, 5.74) is 2.17. The molecule has 1 fully saturated rings. The molecule has 20 heavy (non-hydrogen) atoms. The Morgan fingerprint density at radius 3 is 2.50 bits per heavy atom. The second-order valence-corrected chi connectivity index (χ2v) is 5.08. The Bertz CT molecular complexity index is 535. The van der Waals surface area contributed by atoms with Crippen LogP contribution in [0.5, 0.6) is 0 Å². The predicted molar refractivity (Wildman–Crippen MR) is 71.2 cm³/mol. The molecule has 0 aliphatic carbocycles. The van der Waals surface area contributed by atoms with Gasteiger partial charge < -0.3 is 4.84 Å². The van der Waals surface area contributed by atoms with Crippen molar-refractivity contribution in [1.29, 1.82) is 0 Å². The SMILES string of the molecule is Cc1ccc(CCC(=O)ON2C(=O)CC(C)C2=O)cc1. The van der Waals surface area contributed by atoms with Gasteiger partial charge in [0.25, 0.3) is 11.8 Å². The van der Waals surface area contributed by atoms with Crippen LogP contribution in [0.2, 0.25) is 0 Å². The van der Waals surface area contributed by atoms with Gasteiger partial charge in [-0.05, 0) is 18.9 Å². The standard InChI is InChI=1S/C15H17NO4/c1-10-3-5-12(6-4-10)7-8-14(18)20-16-13(17)9-11(2)15(16)19/h3-6,11H,7-9H2,1-2H3. The van der Waals surface area contributed by atoms with Gasteiger partial charge in [-0.2, -0.15) is 0 Å². The molecule has 5 nitrogen and oxygen atoms in total. The zero-order valence-electron chi connectivity index (χ0n) is 11.6. The minimum Gasteiger partial charge on any atom is -0.330 e. The first-order chi connectivity index (χ1) is 9.47. The van der Waals surface area contributed by atoms with Crippen LogP contribution in [-0.2, 0) is 25.6 Å². The van der Waals surface area contributed by atoms with Crippen LogP contribution in [0.4, 0.5) is 0 Å². The van der Waals surface area contributed by atoms with E-state index < -0.39 is 23.7 Å². The summed E-state index contributed by atoms with van der Waals surface area (Å²) in [4.78, 5) is 39.6. The van der Waals surface area contributed by atoms with Crippen LogP contribution in [0.1, 0.15) is 30.9 Å². The van der Waals surface area contributed by atoms with Gasteiger partial charge in [0, 0.05) is 12.3 Å². The number of imide groups is 1. The summed E-state index contributed by atoms with van der Waals surface area (Å²) in [6, 6.07) is 7.82. The van der Waals surface area contributed by atoms with E-state index >= 15 is 0 Å². The molecule has 106 valence electrons. The van der Waals surface area contributed by atoms with E-state index in [-0.39, 0.29) is 12.8 Å². The highest BCUT2D eigenvalue weighted by Gasteiger charge is 2.38. The number of aryl methyl sites for hydroxylation is 2. The summed E-state index contributed by atoms with van der Waals surface area (Å²) in [6.45, 7) is 3.63. The molecular weight excluding hydrogens is 258 g/mol. The first-order valence-electron chi connectivity index (χ1n) is 6.60. The number of nitrogens with zero attached hydrogens (tertiary/aromatic N) is 1. The lowest BCUT2D eigenvalue weighted by Crippen LogP contribution is -2.33. The van der Waals surface area contributed by atoms with Crippen LogP contribution in [0, 0.1) is 12.8 Å². The molecule has 1 unspecified atom stereocenters. The van der Waals surface area contributed by atoms with Crippen molar-refractivity contribution in [2.24, 2.45) is 5.92 Å². The van der Waals surface area contributed by atoms with Crippen molar-refractivity contribution in [3.05, 3.63) is 35.4 Å². The molecule has 1 saturated heterocycles. The Balaban J connectivity index is 1.85. The largest absolute Gasteiger partial charge is 0.333 e. The third-order valence-electron chi connectivity index (χ3n) is 3.26. The lowest BCUT2D eigenvalue weighted by atomic mass is 10.1. The third kappa shape index (κ3) is 3.23. The van der Waals surface area contributed by atoms with Crippen molar-refractivity contribution < 1.29 is 19.2 Å². The second-order valence-electron chi connectivity index (χ2n) is 5.08. The Morgan fingerprint density at radius 2 is 1.95 bits per heavy atom. The van der Waals surface area contributed by atoms with Crippen molar-refractivity contribution in [1.82, 2.24) is 5.06 Å². The van der Waals surface area contributed by atoms with Crippen LogP contribution in [0.25, 0.3) is 0 Å². The highest BCUT2D eigenvalue weighted by molar-refractivity contribution is 6.02. The Morgan fingerprint density at radius 1 is 1.30 bits per heavy atom. The Kier molecular flexibility index (Phi) is 4.17. The minimum atomic E-state index is -0.568. The van der Waals surface area contributed by atoms with E-state index in [1.807, 2.05) is 31.2 Å². The number of carbonyl (C=O) groups excluding carboxylic acids is 3. The maximum Gasteiger partial charge on any atom is 0.333 e. The van der Waals surface area contributed by atoms with Crippen LogP contribution >= 0.6 is 0 Å². The quantitative estimate of drug-likeness (QED) is 0.786. The fourth-order valence-electron chi connectivity index (χ4n) is 2.00. The molecule has 0 aromatic heterocycles. The number of amides is 2. The summed E-state index contributed by atoms with van der Waals surface area (Å²) < 4.78 is 0. The molecule has 5 heteroatoms. The molecule has 2 rings (SSSR count). The third-order valence-corrected chi connectivity index (χ3v) is 3.26. The summed E-state index contributed by atoms with van der Waals surface area (Å²) in [5, 5.41) is 0.599. The molecular formula is C15H17NO4. The molecule has 1 aromatic carbocycles. The molecule has 0 saturated carbocycles. The molecule has 0 N–H and O–H groups in total. The van der Waals surface area contributed by atoms with Gasteiger partial charge in [-0.3, -0.25) is 9.59 Å². The van der Waals surface area contributed by atoms with Crippen LogP contribution in [0.15, 0.2) is 24.3 Å². The van der Waals surface area contributed by atoms with E-state index in [1.54, 1.807) is 6.92 Å². The number of hydrogen-bond donors (Lipinski definition) is 0. The second kappa shape index (κ2) is 5.86. The topological polar surface area (TPSA) is 63.7 Å². The number of hydroxylamine groups is 2. The van der Waals surface area contributed by atoms with Gasteiger partial charge in [-0.15, -0.1) is 5.06 Å². The number of carbonyl (C=O) groups is 3. The Labute approximate surface area is 117 Å². The van der Waals surface area contributed by atoms with Gasteiger partial charge in [0.05, 0.1) is 6.42 Å². The lowest BCUT2D eigenvalue weighted by molar-refractivity contribution is -0.198. The fourth-order valence-corrected chi connectivity index (χ4v) is 2.00. The maximum atomic E-state index is 11.7. The van der Waals surface area contributed by atoms with Gasteiger partial charge >= 0.3 is 5.97 Å². The zero-order chi connectivity index (χ0) is 14.7. The van der Waals surface area contributed by atoms with Crippen molar-refractivity contribution in [2.75, 3.05) is 0 Å². The van der Waals surface area contributed by atoms with E-state index in [4.69, 9.17) is 4.84 Å². The van der Waals surface area contributed by atoms with E-state index in [1.165, 1.54) is 0 Å². The summed E-state index contributed by atoms with van der Waals surface area (Å²) in [6.07, 6.45) is 0.753. The maximum absolute atomic E-state index is 11.7. The van der Waals surface area contributed by atoms with E-state index in [0.29, 0.717) is 11.5 Å². The van der Waals surface area contributed by atoms with Gasteiger partial charge in [-0.25, -0.2) is 4.79 Å². The van der Waals surface area contributed by atoms with Crippen LogP contribution < -0.4 is 0 Å². The van der Waals surface area contributed by atoms with Gasteiger partial charge in [0.2, 0.25) is 0 Å². The minimum absolute atomic E-state index is 0.101. The number of rotatable bonds is 4. The fraction of sp³-hybridized carbons (Fsp3) is 0.400. The van der Waals surface area contributed by atoms with Crippen molar-refractivity contribution in [2.45, 2.75) is 33.1 Å². The number of benzene rings is 1.